The number of aliphatic carboxylic acids is 1. The first kappa shape index (κ1) is 20.7. The summed E-state index contributed by atoms with van der Waals surface area (Å²) in [7, 11) is 0. The molecule has 1 fully saturated rings. The Morgan fingerprint density at radius 1 is 1.03 bits per heavy atom. The quantitative estimate of drug-likeness (QED) is 0.485. The molecule has 0 aliphatic carbocycles. The zero-order valence-electron chi connectivity index (χ0n) is 18.8. The predicted molar refractivity (Wildman–Crippen MR) is 131 cm³/mol. The van der Waals surface area contributed by atoms with Gasteiger partial charge in [-0.1, -0.05) is 42.5 Å². The third-order valence-corrected chi connectivity index (χ3v) is 6.91. The summed E-state index contributed by atoms with van der Waals surface area (Å²) in [4.78, 5) is 29.6. The van der Waals surface area contributed by atoms with Crippen molar-refractivity contribution in [3.05, 3.63) is 78.2 Å². The lowest BCUT2D eigenvalue weighted by molar-refractivity contribution is -0.141. The van der Waals surface area contributed by atoms with E-state index in [2.05, 4.69) is 68.3 Å². The lowest BCUT2D eigenvalue weighted by Gasteiger charge is -2.20. The summed E-state index contributed by atoms with van der Waals surface area (Å²) in [6.07, 6.45) is 5.13. The number of hydrogen-bond donors (Lipinski definition) is 1. The molecule has 2 aliphatic heterocycles. The van der Waals surface area contributed by atoms with Gasteiger partial charge in [-0.05, 0) is 53.8 Å². The molecule has 0 radical (unpaired) electrons. The second-order valence-electron chi connectivity index (χ2n) is 9.04. The van der Waals surface area contributed by atoms with Gasteiger partial charge in [0.2, 0.25) is 0 Å². The molecule has 1 atom stereocenters. The van der Waals surface area contributed by atoms with Crippen molar-refractivity contribution in [2.75, 3.05) is 24.5 Å². The van der Waals surface area contributed by atoms with Crippen LogP contribution in [0.1, 0.15) is 17.5 Å². The molecule has 0 unspecified atom stereocenters. The van der Waals surface area contributed by atoms with Gasteiger partial charge >= 0.3 is 5.97 Å². The van der Waals surface area contributed by atoms with Crippen LogP contribution in [0.5, 0.6) is 0 Å². The number of rotatable bonds is 5. The van der Waals surface area contributed by atoms with E-state index in [-0.39, 0.29) is 5.92 Å². The highest BCUT2D eigenvalue weighted by atomic mass is 16.4. The monoisotopic (exact) mass is 451 g/mol. The van der Waals surface area contributed by atoms with Crippen LogP contribution in [0.4, 0.5) is 11.5 Å². The minimum atomic E-state index is -0.710. The molecule has 170 valence electrons. The Labute approximate surface area is 197 Å². The molecule has 34 heavy (non-hydrogen) atoms. The summed E-state index contributed by atoms with van der Waals surface area (Å²) >= 11 is 0. The molecule has 2 aliphatic rings. The summed E-state index contributed by atoms with van der Waals surface area (Å²) in [6, 6.07) is 19.0. The zero-order chi connectivity index (χ0) is 23.1. The van der Waals surface area contributed by atoms with Crippen LogP contribution in [0.3, 0.4) is 0 Å². The van der Waals surface area contributed by atoms with E-state index in [0.717, 1.165) is 41.9 Å². The molecular formula is C27H25N5O2. The van der Waals surface area contributed by atoms with E-state index in [4.69, 9.17) is 4.98 Å². The molecule has 1 N–H and O–H groups in total. The average Bonchev–Trinajstić information content (AvgIpc) is 3.51. The second kappa shape index (κ2) is 8.50. The van der Waals surface area contributed by atoms with Crippen molar-refractivity contribution in [3.8, 4) is 11.1 Å². The highest BCUT2D eigenvalue weighted by Gasteiger charge is 2.29. The Hall–Kier alpha value is -3.84. The van der Waals surface area contributed by atoms with Crippen LogP contribution in [0, 0.1) is 5.92 Å². The molecule has 7 nitrogen and oxygen atoms in total. The van der Waals surface area contributed by atoms with Crippen molar-refractivity contribution >= 4 is 28.5 Å². The van der Waals surface area contributed by atoms with Gasteiger partial charge in [-0.15, -0.1) is 0 Å². The second-order valence-corrected chi connectivity index (χ2v) is 9.04. The van der Waals surface area contributed by atoms with Gasteiger partial charge in [0.1, 0.15) is 11.8 Å². The minimum absolute atomic E-state index is 0.279. The minimum Gasteiger partial charge on any atom is -0.481 e. The first-order valence-electron chi connectivity index (χ1n) is 11.7. The first-order valence-corrected chi connectivity index (χ1v) is 11.7. The number of aromatic nitrogens is 3. The fourth-order valence-corrected chi connectivity index (χ4v) is 5.23. The van der Waals surface area contributed by atoms with Crippen LogP contribution in [0.2, 0.25) is 0 Å². The fraction of sp³-hybridized carbons (Fsp3) is 0.259. The summed E-state index contributed by atoms with van der Waals surface area (Å²) in [5.74, 6) is -0.163. The van der Waals surface area contributed by atoms with Crippen molar-refractivity contribution in [1.29, 1.82) is 0 Å². The van der Waals surface area contributed by atoms with Gasteiger partial charge < -0.3 is 10.0 Å². The SMILES string of the molecule is O=C(O)[C@@H]1CCN(Cc2cnc3c(N4CCc5c(-c6ccccc6)cccc54)ncnc3c2)C1. The van der Waals surface area contributed by atoms with E-state index in [1.807, 2.05) is 12.3 Å². The molecule has 2 aromatic carbocycles. The number of hydrogen-bond acceptors (Lipinski definition) is 6. The Kier molecular flexibility index (Phi) is 5.19. The van der Waals surface area contributed by atoms with Gasteiger partial charge in [0.15, 0.2) is 5.82 Å². The number of carbonyl (C=O) groups is 1. The lowest BCUT2D eigenvalue weighted by atomic mass is 9.98. The summed E-state index contributed by atoms with van der Waals surface area (Å²) < 4.78 is 0. The Balaban J connectivity index is 1.31. The third-order valence-electron chi connectivity index (χ3n) is 6.91. The maximum absolute atomic E-state index is 11.3. The smallest absolute Gasteiger partial charge is 0.307 e. The van der Waals surface area contributed by atoms with E-state index in [1.165, 1.54) is 22.4 Å². The summed E-state index contributed by atoms with van der Waals surface area (Å²) in [5, 5.41) is 9.26. The molecule has 0 amide bonds. The average molecular weight is 452 g/mol. The maximum atomic E-state index is 11.3. The highest BCUT2D eigenvalue weighted by molar-refractivity contribution is 5.90. The Morgan fingerprint density at radius 2 is 1.91 bits per heavy atom. The summed E-state index contributed by atoms with van der Waals surface area (Å²) in [6.45, 7) is 2.90. The van der Waals surface area contributed by atoms with E-state index in [0.29, 0.717) is 19.5 Å². The van der Waals surface area contributed by atoms with Gasteiger partial charge in [0, 0.05) is 31.5 Å². The number of nitrogens with zero attached hydrogens (tertiary/aromatic N) is 5. The molecule has 6 rings (SSSR count). The zero-order valence-corrected chi connectivity index (χ0v) is 18.8. The standard InChI is InChI=1S/C27H25N5O2/c33-27(34)20-9-11-31(16-20)15-18-13-23-25(28-14-18)26(30-17-29-23)32-12-10-22-21(7-4-8-24(22)32)19-5-2-1-3-6-19/h1-8,13-14,17,20H,9-12,15-16H2,(H,33,34)/t20-/m1/s1. The van der Waals surface area contributed by atoms with Gasteiger partial charge in [0.25, 0.3) is 0 Å². The molecular weight excluding hydrogens is 426 g/mol. The van der Waals surface area contributed by atoms with Gasteiger partial charge in [0.05, 0.1) is 11.4 Å². The number of carboxylic acid groups (broad SMARTS) is 1. The van der Waals surface area contributed by atoms with Gasteiger partial charge in [-0.3, -0.25) is 14.7 Å². The number of carboxylic acids is 1. The van der Waals surface area contributed by atoms with E-state index < -0.39 is 5.97 Å². The topological polar surface area (TPSA) is 82.5 Å². The Bertz CT molecular complexity index is 1370. The number of benzene rings is 2. The van der Waals surface area contributed by atoms with Gasteiger partial charge in [-0.2, -0.15) is 0 Å². The van der Waals surface area contributed by atoms with Crippen LogP contribution in [-0.2, 0) is 17.8 Å². The van der Waals surface area contributed by atoms with Crippen LogP contribution < -0.4 is 4.90 Å². The third kappa shape index (κ3) is 3.68. The predicted octanol–water partition coefficient (Wildman–Crippen LogP) is 4.29. The normalized spacial score (nSPS) is 17.9. The Morgan fingerprint density at radius 3 is 2.74 bits per heavy atom. The molecule has 0 spiro atoms. The fourth-order valence-electron chi connectivity index (χ4n) is 5.23. The number of likely N-dealkylation sites (tertiary alicyclic amines) is 1. The number of anilines is 2. The van der Waals surface area contributed by atoms with Crippen LogP contribution >= 0.6 is 0 Å². The van der Waals surface area contributed by atoms with Crippen molar-refractivity contribution in [2.45, 2.75) is 19.4 Å². The van der Waals surface area contributed by atoms with Crippen molar-refractivity contribution in [3.63, 3.8) is 0 Å². The van der Waals surface area contributed by atoms with Crippen molar-refractivity contribution in [2.24, 2.45) is 5.92 Å². The van der Waals surface area contributed by atoms with E-state index in [1.54, 1.807) is 6.33 Å². The van der Waals surface area contributed by atoms with Crippen molar-refractivity contribution < 1.29 is 9.90 Å². The molecule has 1 saturated heterocycles. The number of pyridine rings is 1. The van der Waals surface area contributed by atoms with E-state index >= 15 is 0 Å². The molecule has 0 saturated carbocycles. The molecule has 7 heteroatoms. The van der Waals surface area contributed by atoms with Gasteiger partial charge in [-0.25, -0.2) is 9.97 Å². The highest BCUT2D eigenvalue weighted by Crippen LogP contribution is 2.40. The molecule has 2 aromatic heterocycles. The maximum Gasteiger partial charge on any atom is 0.307 e. The largest absolute Gasteiger partial charge is 0.481 e. The lowest BCUT2D eigenvalue weighted by Crippen LogP contribution is -2.23. The molecule has 0 bridgehead atoms. The van der Waals surface area contributed by atoms with Crippen LogP contribution in [-0.4, -0.2) is 50.6 Å². The molecule has 4 heterocycles. The van der Waals surface area contributed by atoms with E-state index in [9.17, 15) is 9.90 Å². The summed E-state index contributed by atoms with van der Waals surface area (Å²) in [5.41, 5.74) is 7.63. The number of fused-ring (bicyclic) bond motifs is 2. The van der Waals surface area contributed by atoms with Crippen LogP contribution in [0.25, 0.3) is 22.2 Å². The molecule has 4 aromatic rings. The first-order chi connectivity index (χ1) is 16.7. The van der Waals surface area contributed by atoms with Crippen LogP contribution in [0.15, 0.2) is 67.1 Å². The van der Waals surface area contributed by atoms with Crippen molar-refractivity contribution in [1.82, 2.24) is 19.9 Å².